The summed E-state index contributed by atoms with van der Waals surface area (Å²) in [7, 11) is 0. The SMILES string of the molecule is Cc1cc(Cl)cc(C(=O)Nc2cccc(Cl)n2)n1. The van der Waals surface area contributed by atoms with Crippen molar-refractivity contribution in [2.75, 3.05) is 5.32 Å². The van der Waals surface area contributed by atoms with Crippen LogP contribution in [0.15, 0.2) is 30.3 Å². The first kappa shape index (κ1) is 12.8. The molecule has 0 aliphatic carbocycles. The lowest BCUT2D eigenvalue weighted by atomic mass is 10.3. The first-order chi connectivity index (χ1) is 8.54. The van der Waals surface area contributed by atoms with Crippen molar-refractivity contribution in [1.29, 1.82) is 0 Å². The first-order valence-electron chi connectivity index (χ1n) is 5.13. The van der Waals surface area contributed by atoms with Crippen LogP contribution in [0.1, 0.15) is 16.2 Å². The highest BCUT2D eigenvalue weighted by Crippen LogP contribution is 2.14. The van der Waals surface area contributed by atoms with Crippen LogP contribution < -0.4 is 5.32 Å². The van der Waals surface area contributed by atoms with Gasteiger partial charge in [-0.05, 0) is 31.2 Å². The quantitative estimate of drug-likeness (QED) is 0.859. The molecule has 0 atom stereocenters. The van der Waals surface area contributed by atoms with Crippen LogP contribution in [0.25, 0.3) is 0 Å². The van der Waals surface area contributed by atoms with E-state index in [2.05, 4.69) is 15.3 Å². The highest BCUT2D eigenvalue weighted by molar-refractivity contribution is 6.31. The molecule has 2 aromatic rings. The molecule has 0 unspecified atom stereocenters. The zero-order valence-corrected chi connectivity index (χ0v) is 11.0. The van der Waals surface area contributed by atoms with E-state index < -0.39 is 0 Å². The Bertz CT molecular complexity index is 581. The molecule has 2 aromatic heterocycles. The summed E-state index contributed by atoms with van der Waals surface area (Å²) in [6, 6.07) is 8.13. The number of aryl methyl sites for hydroxylation is 1. The van der Waals surface area contributed by atoms with E-state index in [0.29, 0.717) is 21.7 Å². The molecule has 0 aromatic carbocycles. The van der Waals surface area contributed by atoms with Gasteiger partial charge in [0, 0.05) is 10.7 Å². The molecule has 0 saturated heterocycles. The van der Waals surface area contributed by atoms with Crippen LogP contribution in [-0.4, -0.2) is 15.9 Å². The fourth-order valence-electron chi connectivity index (χ4n) is 1.40. The van der Waals surface area contributed by atoms with E-state index in [1.807, 2.05) is 0 Å². The molecule has 6 heteroatoms. The van der Waals surface area contributed by atoms with Gasteiger partial charge in [-0.3, -0.25) is 4.79 Å². The number of pyridine rings is 2. The Morgan fingerprint density at radius 2 is 2.00 bits per heavy atom. The minimum Gasteiger partial charge on any atom is -0.305 e. The van der Waals surface area contributed by atoms with Gasteiger partial charge < -0.3 is 5.32 Å². The van der Waals surface area contributed by atoms with Crippen molar-refractivity contribution >= 4 is 34.9 Å². The second kappa shape index (κ2) is 5.33. The van der Waals surface area contributed by atoms with Gasteiger partial charge in [-0.25, -0.2) is 9.97 Å². The van der Waals surface area contributed by atoms with Gasteiger partial charge in [-0.1, -0.05) is 29.3 Å². The molecule has 0 bridgehead atoms. The number of nitrogens with one attached hydrogen (secondary N) is 1. The summed E-state index contributed by atoms with van der Waals surface area (Å²) in [6.45, 7) is 1.76. The third kappa shape index (κ3) is 3.18. The lowest BCUT2D eigenvalue weighted by Crippen LogP contribution is -2.15. The first-order valence-corrected chi connectivity index (χ1v) is 5.88. The lowest BCUT2D eigenvalue weighted by molar-refractivity contribution is 0.102. The minimum absolute atomic E-state index is 0.238. The number of hydrogen-bond acceptors (Lipinski definition) is 3. The third-order valence-electron chi connectivity index (χ3n) is 2.11. The number of nitrogens with zero attached hydrogens (tertiary/aromatic N) is 2. The van der Waals surface area contributed by atoms with Gasteiger partial charge in [0.05, 0.1) is 0 Å². The summed E-state index contributed by atoms with van der Waals surface area (Å²) in [5.41, 5.74) is 0.911. The number of carbonyl (C=O) groups excluding carboxylic acids is 1. The number of carbonyl (C=O) groups is 1. The van der Waals surface area contributed by atoms with E-state index in [0.717, 1.165) is 0 Å². The smallest absolute Gasteiger partial charge is 0.275 e. The number of aromatic nitrogens is 2. The highest BCUT2D eigenvalue weighted by atomic mass is 35.5. The second-order valence-corrected chi connectivity index (χ2v) is 4.44. The Balaban J connectivity index is 2.22. The van der Waals surface area contributed by atoms with Crippen LogP contribution in [-0.2, 0) is 0 Å². The van der Waals surface area contributed by atoms with E-state index >= 15 is 0 Å². The van der Waals surface area contributed by atoms with Gasteiger partial charge >= 0.3 is 0 Å². The largest absolute Gasteiger partial charge is 0.305 e. The van der Waals surface area contributed by atoms with Gasteiger partial charge in [0.2, 0.25) is 0 Å². The Morgan fingerprint density at radius 3 is 2.67 bits per heavy atom. The molecule has 1 N–H and O–H groups in total. The van der Waals surface area contributed by atoms with E-state index in [1.165, 1.54) is 6.07 Å². The van der Waals surface area contributed by atoms with Gasteiger partial charge in [-0.2, -0.15) is 0 Å². The topological polar surface area (TPSA) is 54.9 Å². The zero-order valence-electron chi connectivity index (χ0n) is 9.45. The molecule has 2 rings (SSSR count). The van der Waals surface area contributed by atoms with Gasteiger partial charge in [0.1, 0.15) is 16.7 Å². The molecule has 92 valence electrons. The van der Waals surface area contributed by atoms with Crippen molar-refractivity contribution < 1.29 is 4.79 Å². The van der Waals surface area contributed by atoms with Crippen molar-refractivity contribution in [2.24, 2.45) is 0 Å². The number of halogens is 2. The molecule has 0 aliphatic heterocycles. The van der Waals surface area contributed by atoms with E-state index in [1.54, 1.807) is 31.2 Å². The second-order valence-electron chi connectivity index (χ2n) is 3.61. The molecule has 4 nitrogen and oxygen atoms in total. The molecule has 0 fully saturated rings. The maximum absolute atomic E-state index is 11.9. The molecule has 0 radical (unpaired) electrons. The van der Waals surface area contributed by atoms with Gasteiger partial charge in [-0.15, -0.1) is 0 Å². The fourth-order valence-corrected chi connectivity index (χ4v) is 1.83. The van der Waals surface area contributed by atoms with Crippen molar-refractivity contribution in [3.05, 3.63) is 51.9 Å². The number of hydrogen-bond donors (Lipinski definition) is 1. The van der Waals surface area contributed by atoms with Crippen molar-refractivity contribution in [3.8, 4) is 0 Å². The molecule has 18 heavy (non-hydrogen) atoms. The lowest BCUT2D eigenvalue weighted by Gasteiger charge is -2.05. The highest BCUT2D eigenvalue weighted by Gasteiger charge is 2.10. The molecule has 0 aliphatic rings. The maximum atomic E-state index is 11.9. The van der Waals surface area contributed by atoms with Crippen LogP contribution in [0.5, 0.6) is 0 Å². The predicted octanol–water partition coefficient (Wildman–Crippen LogP) is 3.34. The number of anilines is 1. The molecule has 0 saturated carbocycles. The molecule has 2 heterocycles. The Hall–Kier alpha value is -1.65. The molecular formula is C12H9Cl2N3O. The summed E-state index contributed by atoms with van der Waals surface area (Å²) < 4.78 is 0. The van der Waals surface area contributed by atoms with E-state index in [-0.39, 0.29) is 11.6 Å². The fraction of sp³-hybridized carbons (Fsp3) is 0.0833. The van der Waals surface area contributed by atoms with Gasteiger partial charge in [0.15, 0.2) is 0 Å². The zero-order chi connectivity index (χ0) is 13.1. The van der Waals surface area contributed by atoms with Crippen molar-refractivity contribution in [3.63, 3.8) is 0 Å². The minimum atomic E-state index is -0.379. The van der Waals surface area contributed by atoms with E-state index in [4.69, 9.17) is 23.2 Å². The Morgan fingerprint density at radius 1 is 1.22 bits per heavy atom. The van der Waals surface area contributed by atoms with Crippen LogP contribution in [0.4, 0.5) is 5.82 Å². The van der Waals surface area contributed by atoms with Crippen LogP contribution in [0, 0.1) is 6.92 Å². The number of amides is 1. The summed E-state index contributed by atoms with van der Waals surface area (Å²) >= 11 is 11.6. The summed E-state index contributed by atoms with van der Waals surface area (Å²) in [5.74, 6) is -0.0118. The van der Waals surface area contributed by atoms with Crippen LogP contribution in [0.3, 0.4) is 0 Å². The standard InChI is InChI=1S/C12H9Cl2N3O/c1-7-5-8(13)6-9(15-7)12(18)17-11-4-2-3-10(14)16-11/h2-6H,1H3,(H,16,17,18). The maximum Gasteiger partial charge on any atom is 0.275 e. The molecule has 1 amide bonds. The normalized spacial score (nSPS) is 10.2. The van der Waals surface area contributed by atoms with Crippen LogP contribution in [0.2, 0.25) is 10.2 Å². The summed E-state index contributed by atoms with van der Waals surface area (Å²) in [5, 5.41) is 3.37. The predicted molar refractivity (Wildman–Crippen MR) is 71.2 cm³/mol. The van der Waals surface area contributed by atoms with E-state index in [9.17, 15) is 4.79 Å². The Kier molecular flexibility index (Phi) is 3.79. The summed E-state index contributed by atoms with van der Waals surface area (Å²) in [4.78, 5) is 20.0. The average Bonchev–Trinajstić information content (AvgIpc) is 2.27. The summed E-state index contributed by atoms with van der Waals surface area (Å²) in [6.07, 6.45) is 0. The van der Waals surface area contributed by atoms with Crippen molar-refractivity contribution in [2.45, 2.75) is 6.92 Å². The monoisotopic (exact) mass is 281 g/mol. The number of rotatable bonds is 2. The van der Waals surface area contributed by atoms with Gasteiger partial charge in [0.25, 0.3) is 5.91 Å². The third-order valence-corrected chi connectivity index (χ3v) is 2.54. The Labute approximate surface area is 114 Å². The molecular weight excluding hydrogens is 273 g/mol. The van der Waals surface area contributed by atoms with Crippen LogP contribution >= 0.6 is 23.2 Å². The van der Waals surface area contributed by atoms with Crippen molar-refractivity contribution in [1.82, 2.24) is 9.97 Å². The average molecular weight is 282 g/mol. The molecule has 0 spiro atoms.